The molecule has 0 spiro atoms. The van der Waals surface area contributed by atoms with Crippen molar-refractivity contribution in [1.82, 2.24) is 4.90 Å². The van der Waals surface area contributed by atoms with Crippen LogP contribution in [0.5, 0.6) is 11.5 Å². The molecule has 1 unspecified atom stereocenters. The molecule has 94 valence electrons. The second kappa shape index (κ2) is 5.54. The molecule has 0 aromatic heterocycles. The molecule has 0 saturated heterocycles. The van der Waals surface area contributed by atoms with E-state index in [1.54, 1.807) is 20.0 Å². The molecule has 0 aliphatic rings. The highest BCUT2D eigenvalue weighted by Gasteiger charge is 2.17. The normalized spacial score (nSPS) is 12.0. The van der Waals surface area contributed by atoms with Crippen molar-refractivity contribution in [2.75, 3.05) is 20.7 Å². The first-order valence-electron chi connectivity index (χ1n) is 5.26. The number of hydrogen-bond acceptors (Lipinski definition) is 4. The summed E-state index contributed by atoms with van der Waals surface area (Å²) in [5.74, 6) is 0.00933. The van der Waals surface area contributed by atoms with Crippen LogP contribution < -0.4 is 4.74 Å². The summed E-state index contributed by atoms with van der Waals surface area (Å²) in [6, 6.07) is 4.47. The molecule has 0 radical (unpaired) electrons. The number of rotatable bonds is 4. The van der Waals surface area contributed by atoms with Crippen molar-refractivity contribution in [3.63, 3.8) is 0 Å². The van der Waals surface area contributed by atoms with E-state index in [0.717, 1.165) is 0 Å². The fourth-order valence-electron chi connectivity index (χ4n) is 1.50. The molecule has 1 atom stereocenters. The molecule has 0 fully saturated rings. The number of phenols is 1. The predicted octanol–water partition coefficient (Wildman–Crippen LogP) is 0.854. The summed E-state index contributed by atoms with van der Waals surface area (Å²) in [5.41, 5.74) is 0.189. The number of likely N-dealkylation sites (N-methyl/N-ethyl adjacent to an activating group) is 1. The minimum absolute atomic E-state index is 0.133. The number of aliphatic hydroxyl groups is 1. The Balaban J connectivity index is 2.89. The molecule has 17 heavy (non-hydrogen) atoms. The second-order valence-corrected chi connectivity index (χ2v) is 3.92. The Morgan fingerprint density at radius 1 is 1.53 bits per heavy atom. The fourth-order valence-corrected chi connectivity index (χ4v) is 1.50. The van der Waals surface area contributed by atoms with Gasteiger partial charge in [-0.1, -0.05) is 0 Å². The molecule has 0 bridgehead atoms. The highest BCUT2D eigenvalue weighted by Crippen LogP contribution is 2.24. The van der Waals surface area contributed by atoms with Crippen LogP contribution >= 0.6 is 0 Å². The van der Waals surface area contributed by atoms with Crippen LogP contribution in [0.1, 0.15) is 17.3 Å². The molecule has 0 heterocycles. The number of ether oxygens (including phenoxy) is 1. The zero-order chi connectivity index (χ0) is 13.0. The summed E-state index contributed by atoms with van der Waals surface area (Å²) in [4.78, 5) is 13.3. The molecule has 1 rings (SSSR count). The quantitative estimate of drug-likeness (QED) is 0.817. The van der Waals surface area contributed by atoms with Gasteiger partial charge in [-0.15, -0.1) is 0 Å². The summed E-state index contributed by atoms with van der Waals surface area (Å²) in [6.07, 6.45) is -0.607. The van der Waals surface area contributed by atoms with Crippen LogP contribution in [0, 0.1) is 0 Å². The Morgan fingerprint density at radius 2 is 2.18 bits per heavy atom. The number of hydrogen-bond donors (Lipinski definition) is 2. The number of nitrogens with zero attached hydrogens (tertiary/aromatic N) is 1. The lowest BCUT2D eigenvalue weighted by Gasteiger charge is -2.19. The first kappa shape index (κ1) is 13.3. The lowest BCUT2D eigenvalue weighted by atomic mass is 10.1. The van der Waals surface area contributed by atoms with Gasteiger partial charge < -0.3 is 19.8 Å². The van der Waals surface area contributed by atoms with Gasteiger partial charge in [0.25, 0.3) is 5.91 Å². The predicted molar refractivity (Wildman–Crippen MR) is 63.3 cm³/mol. The van der Waals surface area contributed by atoms with Gasteiger partial charge in [0.15, 0.2) is 0 Å². The Labute approximate surface area is 100 Å². The van der Waals surface area contributed by atoms with Crippen LogP contribution in [0.3, 0.4) is 0 Å². The van der Waals surface area contributed by atoms with Crippen LogP contribution in [0.2, 0.25) is 0 Å². The summed E-state index contributed by atoms with van der Waals surface area (Å²) in [7, 11) is 3.05. The lowest BCUT2D eigenvalue weighted by molar-refractivity contribution is 0.0700. The van der Waals surface area contributed by atoms with Gasteiger partial charge in [0.2, 0.25) is 0 Å². The summed E-state index contributed by atoms with van der Waals surface area (Å²) < 4.78 is 4.93. The molecule has 0 saturated carbocycles. The Kier molecular flexibility index (Phi) is 4.34. The molecule has 5 heteroatoms. The van der Waals surface area contributed by atoms with Crippen LogP contribution in [-0.2, 0) is 0 Å². The maximum Gasteiger partial charge on any atom is 0.257 e. The van der Waals surface area contributed by atoms with E-state index in [1.807, 2.05) is 0 Å². The Bertz CT molecular complexity index is 403. The van der Waals surface area contributed by atoms with Crippen molar-refractivity contribution in [3.8, 4) is 11.5 Å². The number of carbonyl (C=O) groups excluding carboxylic acids is 1. The van der Waals surface area contributed by atoms with Gasteiger partial charge in [-0.3, -0.25) is 4.79 Å². The van der Waals surface area contributed by atoms with Gasteiger partial charge >= 0.3 is 0 Å². The summed E-state index contributed by atoms with van der Waals surface area (Å²) in [6.45, 7) is 1.81. The Morgan fingerprint density at radius 3 is 2.65 bits per heavy atom. The number of phenolic OH excluding ortho intramolecular Hbond substituents is 1. The van der Waals surface area contributed by atoms with E-state index in [9.17, 15) is 15.0 Å². The van der Waals surface area contributed by atoms with Crippen molar-refractivity contribution in [2.45, 2.75) is 13.0 Å². The fraction of sp³-hybridized carbons (Fsp3) is 0.417. The van der Waals surface area contributed by atoms with Crippen molar-refractivity contribution in [2.24, 2.45) is 0 Å². The van der Waals surface area contributed by atoms with E-state index < -0.39 is 6.10 Å². The van der Waals surface area contributed by atoms with Crippen molar-refractivity contribution >= 4 is 5.91 Å². The maximum atomic E-state index is 11.9. The highest BCUT2D eigenvalue weighted by atomic mass is 16.5. The zero-order valence-electron chi connectivity index (χ0n) is 10.2. The second-order valence-electron chi connectivity index (χ2n) is 3.92. The van der Waals surface area contributed by atoms with Crippen LogP contribution in [0.15, 0.2) is 18.2 Å². The van der Waals surface area contributed by atoms with Crippen LogP contribution in [0.4, 0.5) is 0 Å². The van der Waals surface area contributed by atoms with Crippen molar-refractivity contribution in [3.05, 3.63) is 23.8 Å². The number of aliphatic hydroxyl groups excluding tert-OH is 1. The standard InChI is InChI=1S/C12H17NO4/c1-8(14)7-13(2)12(16)10-5-4-9(17-3)6-11(10)15/h4-6,8,14-15H,7H2,1-3H3. The van der Waals surface area contributed by atoms with E-state index in [2.05, 4.69) is 0 Å². The SMILES string of the molecule is COc1ccc(C(=O)N(C)CC(C)O)c(O)c1. The minimum atomic E-state index is -0.607. The number of methoxy groups -OCH3 is 1. The molecule has 0 aliphatic carbocycles. The van der Waals surface area contributed by atoms with Gasteiger partial charge in [-0.25, -0.2) is 0 Å². The van der Waals surface area contributed by atoms with Gasteiger partial charge in [0.05, 0.1) is 18.8 Å². The van der Waals surface area contributed by atoms with Gasteiger partial charge in [-0.2, -0.15) is 0 Å². The molecule has 2 N–H and O–H groups in total. The topological polar surface area (TPSA) is 70.0 Å². The Hall–Kier alpha value is -1.75. The van der Waals surface area contributed by atoms with Gasteiger partial charge in [0, 0.05) is 19.7 Å². The van der Waals surface area contributed by atoms with E-state index in [4.69, 9.17) is 4.74 Å². The molecular weight excluding hydrogens is 222 g/mol. The third-order valence-electron chi connectivity index (χ3n) is 2.32. The van der Waals surface area contributed by atoms with E-state index >= 15 is 0 Å². The largest absolute Gasteiger partial charge is 0.507 e. The van der Waals surface area contributed by atoms with Crippen molar-refractivity contribution < 1.29 is 19.7 Å². The number of amides is 1. The minimum Gasteiger partial charge on any atom is -0.507 e. The molecule has 5 nitrogen and oxygen atoms in total. The number of benzene rings is 1. The molecule has 1 aromatic rings. The molecular formula is C12H17NO4. The third kappa shape index (κ3) is 3.35. The van der Waals surface area contributed by atoms with Gasteiger partial charge in [-0.05, 0) is 19.1 Å². The zero-order valence-corrected chi connectivity index (χ0v) is 10.2. The molecule has 0 aliphatic heterocycles. The third-order valence-corrected chi connectivity index (χ3v) is 2.32. The smallest absolute Gasteiger partial charge is 0.257 e. The lowest BCUT2D eigenvalue weighted by Crippen LogP contribution is -2.33. The van der Waals surface area contributed by atoms with E-state index in [0.29, 0.717) is 5.75 Å². The van der Waals surface area contributed by atoms with Crippen LogP contribution in [0.25, 0.3) is 0 Å². The van der Waals surface area contributed by atoms with Crippen LogP contribution in [-0.4, -0.2) is 47.8 Å². The average Bonchev–Trinajstić information content (AvgIpc) is 2.27. The monoisotopic (exact) mass is 239 g/mol. The molecule has 1 amide bonds. The number of aromatic hydroxyl groups is 1. The first-order valence-corrected chi connectivity index (χ1v) is 5.26. The first-order chi connectivity index (χ1) is 7.95. The molecule has 1 aromatic carbocycles. The maximum absolute atomic E-state index is 11.9. The number of carbonyl (C=O) groups is 1. The van der Waals surface area contributed by atoms with Gasteiger partial charge in [0.1, 0.15) is 11.5 Å². The summed E-state index contributed by atoms with van der Waals surface area (Å²) in [5, 5.41) is 18.9. The van der Waals surface area contributed by atoms with Crippen molar-refractivity contribution in [1.29, 1.82) is 0 Å². The summed E-state index contributed by atoms with van der Waals surface area (Å²) >= 11 is 0. The average molecular weight is 239 g/mol. The van der Waals surface area contributed by atoms with E-state index in [-0.39, 0.29) is 23.8 Å². The van der Waals surface area contributed by atoms with E-state index in [1.165, 1.54) is 24.1 Å². The highest BCUT2D eigenvalue weighted by molar-refractivity contribution is 5.96.